The van der Waals surface area contributed by atoms with Crippen LogP contribution in [0, 0.1) is 18.8 Å². The highest BCUT2D eigenvalue weighted by atomic mass is 16.5. The molecule has 17 heavy (non-hydrogen) atoms. The number of aliphatic hydroxyl groups excluding tert-OH is 1. The van der Waals surface area contributed by atoms with E-state index in [0.29, 0.717) is 0 Å². The number of hydrogen-bond acceptors (Lipinski definition) is 2. The van der Waals surface area contributed by atoms with Gasteiger partial charge in [-0.2, -0.15) is 0 Å². The molecular formula is C15H20O2. The van der Waals surface area contributed by atoms with Crippen LogP contribution in [0.4, 0.5) is 0 Å². The maximum atomic E-state index is 8.74. The van der Waals surface area contributed by atoms with Gasteiger partial charge in [-0.3, -0.25) is 0 Å². The molecule has 0 saturated carbocycles. The van der Waals surface area contributed by atoms with Crippen molar-refractivity contribution in [3.63, 3.8) is 0 Å². The Morgan fingerprint density at radius 1 is 1.41 bits per heavy atom. The van der Waals surface area contributed by atoms with Crippen LogP contribution in [0.5, 0.6) is 5.75 Å². The highest BCUT2D eigenvalue weighted by molar-refractivity contribution is 5.48. The quantitative estimate of drug-likeness (QED) is 0.809. The number of aliphatic hydroxyl groups is 1. The lowest BCUT2D eigenvalue weighted by Crippen LogP contribution is -2.11. The van der Waals surface area contributed by atoms with Gasteiger partial charge in [0.15, 0.2) is 0 Å². The van der Waals surface area contributed by atoms with E-state index in [1.807, 2.05) is 25.1 Å². The minimum atomic E-state index is -0.127. The smallest absolute Gasteiger partial charge is 0.135 e. The van der Waals surface area contributed by atoms with Crippen LogP contribution < -0.4 is 4.74 Å². The molecule has 1 aromatic carbocycles. The zero-order valence-electron chi connectivity index (χ0n) is 10.8. The molecule has 1 unspecified atom stereocenters. The molecule has 0 saturated heterocycles. The molecule has 0 fully saturated rings. The fraction of sp³-hybridized carbons (Fsp3) is 0.467. The zero-order valence-corrected chi connectivity index (χ0v) is 10.8. The first kappa shape index (κ1) is 13.6. The molecule has 2 nitrogen and oxygen atoms in total. The Kier molecular flexibility index (Phi) is 5.59. The first-order chi connectivity index (χ1) is 8.17. The van der Waals surface area contributed by atoms with Crippen molar-refractivity contribution in [2.75, 3.05) is 6.61 Å². The number of aryl methyl sites for hydroxylation is 1. The van der Waals surface area contributed by atoms with E-state index < -0.39 is 0 Å². The Labute approximate surface area is 104 Å². The molecule has 0 spiro atoms. The monoisotopic (exact) mass is 232 g/mol. The van der Waals surface area contributed by atoms with Gasteiger partial charge in [-0.1, -0.05) is 31.3 Å². The van der Waals surface area contributed by atoms with Crippen LogP contribution in [0.25, 0.3) is 0 Å². The van der Waals surface area contributed by atoms with Crippen molar-refractivity contribution < 1.29 is 9.84 Å². The topological polar surface area (TPSA) is 29.5 Å². The van der Waals surface area contributed by atoms with Crippen molar-refractivity contribution in [2.24, 2.45) is 0 Å². The van der Waals surface area contributed by atoms with Crippen LogP contribution in [0.3, 0.4) is 0 Å². The maximum absolute atomic E-state index is 8.74. The maximum Gasteiger partial charge on any atom is 0.135 e. The van der Waals surface area contributed by atoms with Crippen molar-refractivity contribution in [3.8, 4) is 17.6 Å². The average molecular weight is 232 g/mol. The normalized spacial score (nSPS) is 11.5. The molecule has 1 rings (SSSR count). The van der Waals surface area contributed by atoms with Crippen LogP contribution in [0.2, 0.25) is 0 Å². The van der Waals surface area contributed by atoms with Crippen molar-refractivity contribution in [2.45, 2.75) is 39.7 Å². The molecule has 1 atom stereocenters. The summed E-state index contributed by atoms with van der Waals surface area (Å²) in [5.74, 6) is 6.39. The second-order valence-corrected chi connectivity index (χ2v) is 4.18. The molecule has 1 N–H and O–H groups in total. The molecular weight excluding hydrogens is 212 g/mol. The van der Waals surface area contributed by atoms with Gasteiger partial charge in [0.1, 0.15) is 12.4 Å². The third-order valence-electron chi connectivity index (χ3n) is 2.46. The molecule has 0 aromatic heterocycles. The summed E-state index contributed by atoms with van der Waals surface area (Å²) in [5, 5.41) is 8.74. The number of rotatable bonds is 4. The van der Waals surface area contributed by atoms with Gasteiger partial charge in [-0.05, 0) is 38.0 Å². The van der Waals surface area contributed by atoms with E-state index in [-0.39, 0.29) is 12.7 Å². The van der Waals surface area contributed by atoms with E-state index in [1.54, 1.807) is 0 Å². The van der Waals surface area contributed by atoms with Crippen LogP contribution >= 0.6 is 0 Å². The SMILES string of the molecule is CCCC(C)Oc1ccc(C)cc1C#CCO. The van der Waals surface area contributed by atoms with Gasteiger partial charge in [0.2, 0.25) is 0 Å². The third kappa shape index (κ3) is 4.50. The standard InChI is InChI=1S/C15H20O2/c1-4-6-13(3)17-15-9-8-12(2)11-14(15)7-5-10-16/h8-9,11,13,16H,4,6,10H2,1-3H3. The predicted octanol–water partition coefficient (Wildman–Crippen LogP) is 2.91. The molecule has 0 heterocycles. The summed E-state index contributed by atoms with van der Waals surface area (Å²) >= 11 is 0. The Bertz CT molecular complexity index is 413. The molecule has 0 bridgehead atoms. The van der Waals surface area contributed by atoms with Gasteiger partial charge in [-0.15, -0.1) is 0 Å². The highest BCUT2D eigenvalue weighted by Gasteiger charge is 2.06. The van der Waals surface area contributed by atoms with E-state index in [9.17, 15) is 0 Å². The first-order valence-corrected chi connectivity index (χ1v) is 6.04. The summed E-state index contributed by atoms with van der Waals surface area (Å²) in [4.78, 5) is 0. The summed E-state index contributed by atoms with van der Waals surface area (Å²) in [6, 6.07) is 5.94. The molecule has 0 aliphatic heterocycles. The molecule has 0 aliphatic carbocycles. The van der Waals surface area contributed by atoms with Gasteiger partial charge in [0.25, 0.3) is 0 Å². The Morgan fingerprint density at radius 2 is 2.18 bits per heavy atom. The van der Waals surface area contributed by atoms with Crippen LogP contribution in [0.1, 0.15) is 37.8 Å². The largest absolute Gasteiger partial charge is 0.489 e. The van der Waals surface area contributed by atoms with Crippen LogP contribution in [-0.2, 0) is 0 Å². The van der Waals surface area contributed by atoms with Crippen molar-refractivity contribution >= 4 is 0 Å². The predicted molar refractivity (Wildman–Crippen MR) is 70.1 cm³/mol. The third-order valence-corrected chi connectivity index (χ3v) is 2.46. The Hall–Kier alpha value is -1.46. The summed E-state index contributed by atoms with van der Waals surface area (Å²) in [5.41, 5.74) is 1.99. The molecule has 1 aromatic rings. The molecule has 2 heteroatoms. The lowest BCUT2D eigenvalue weighted by Gasteiger charge is -2.15. The first-order valence-electron chi connectivity index (χ1n) is 6.04. The van der Waals surface area contributed by atoms with E-state index in [4.69, 9.17) is 9.84 Å². The van der Waals surface area contributed by atoms with Crippen LogP contribution in [-0.4, -0.2) is 17.8 Å². The summed E-state index contributed by atoms with van der Waals surface area (Å²) in [6.45, 7) is 6.09. The van der Waals surface area contributed by atoms with Gasteiger partial charge in [0, 0.05) is 0 Å². The summed E-state index contributed by atoms with van der Waals surface area (Å²) in [7, 11) is 0. The van der Waals surface area contributed by atoms with Crippen LogP contribution in [0.15, 0.2) is 18.2 Å². The number of hydrogen-bond donors (Lipinski definition) is 1. The Morgan fingerprint density at radius 3 is 2.82 bits per heavy atom. The zero-order chi connectivity index (χ0) is 12.7. The van der Waals surface area contributed by atoms with Crippen molar-refractivity contribution in [3.05, 3.63) is 29.3 Å². The minimum Gasteiger partial charge on any atom is -0.489 e. The average Bonchev–Trinajstić information content (AvgIpc) is 2.30. The number of benzene rings is 1. The van der Waals surface area contributed by atoms with Gasteiger partial charge in [0.05, 0.1) is 11.7 Å². The second kappa shape index (κ2) is 6.98. The lowest BCUT2D eigenvalue weighted by atomic mass is 10.1. The Balaban J connectivity index is 2.89. The van der Waals surface area contributed by atoms with E-state index in [0.717, 1.165) is 29.7 Å². The van der Waals surface area contributed by atoms with E-state index in [1.165, 1.54) is 0 Å². The lowest BCUT2D eigenvalue weighted by molar-refractivity contribution is 0.209. The molecule has 0 radical (unpaired) electrons. The molecule has 0 aliphatic rings. The van der Waals surface area contributed by atoms with Gasteiger partial charge < -0.3 is 9.84 Å². The van der Waals surface area contributed by atoms with Gasteiger partial charge in [-0.25, -0.2) is 0 Å². The second-order valence-electron chi connectivity index (χ2n) is 4.18. The van der Waals surface area contributed by atoms with Crippen molar-refractivity contribution in [1.82, 2.24) is 0 Å². The number of ether oxygens (including phenoxy) is 1. The van der Waals surface area contributed by atoms with E-state index >= 15 is 0 Å². The van der Waals surface area contributed by atoms with E-state index in [2.05, 4.69) is 25.7 Å². The highest BCUT2D eigenvalue weighted by Crippen LogP contribution is 2.21. The molecule has 92 valence electrons. The van der Waals surface area contributed by atoms with Crippen molar-refractivity contribution in [1.29, 1.82) is 0 Å². The fourth-order valence-corrected chi connectivity index (χ4v) is 1.66. The van der Waals surface area contributed by atoms with Gasteiger partial charge >= 0.3 is 0 Å². The summed E-state index contributed by atoms with van der Waals surface area (Å²) in [6.07, 6.45) is 2.32. The summed E-state index contributed by atoms with van der Waals surface area (Å²) < 4.78 is 5.85. The molecule has 0 amide bonds. The fourth-order valence-electron chi connectivity index (χ4n) is 1.66. The minimum absolute atomic E-state index is 0.127.